The smallest absolute Gasteiger partial charge is 0.161 e. The van der Waals surface area contributed by atoms with Crippen molar-refractivity contribution in [3.8, 4) is 23.0 Å². The third kappa shape index (κ3) is 3.72. The van der Waals surface area contributed by atoms with Crippen LogP contribution < -0.4 is 18.9 Å². The molecule has 0 bridgehead atoms. The zero-order valence-electron chi connectivity index (χ0n) is 19.5. The molecule has 5 nitrogen and oxygen atoms in total. The van der Waals surface area contributed by atoms with E-state index in [0.29, 0.717) is 0 Å². The first kappa shape index (κ1) is 21.4. The van der Waals surface area contributed by atoms with Crippen molar-refractivity contribution in [2.75, 3.05) is 28.4 Å². The predicted octanol–water partition coefficient (Wildman–Crippen LogP) is 5.59. The fourth-order valence-electron chi connectivity index (χ4n) is 5.19. The molecule has 1 aliphatic carbocycles. The van der Waals surface area contributed by atoms with Gasteiger partial charge in [-0.05, 0) is 52.1 Å². The maximum Gasteiger partial charge on any atom is 0.161 e. The Kier molecular flexibility index (Phi) is 5.73. The molecule has 0 radical (unpaired) electrons. The third-order valence-electron chi connectivity index (χ3n) is 6.73. The zero-order valence-corrected chi connectivity index (χ0v) is 19.5. The van der Waals surface area contributed by atoms with Crippen LogP contribution in [0.5, 0.6) is 23.0 Å². The van der Waals surface area contributed by atoms with Gasteiger partial charge in [0.1, 0.15) is 0 Å². The van der Waals surface area contributed by atoms with Gasteiger partial charge in [-0.1, -0.05) is 42.5 Å². The first-order valence-corrected chi connectivity index (χ1v) is 11.1. The van der Waals surface area contributed by atoms with Gasteiger partial charge < -0.3 is 18.9 Å². The van der Waals surface area contributed by atoms with Crippen LogP contribution in [0, 0.1) is 0 Å². The Morgan fingerprint density at radius 1 is 0.758 bits per heavy atom. The van der Waals surface area contributed by atoms with Crippen molar-refractivity contribution in [3.05, 3.63) is 88.5 Å². The van der Waals surface area contributed by atoms with E-state index in [0.717, 1.165) is 41.7 Å². The summed E-state index contributed by atoms with van der Waals surface area (Å²) in [6.45, 7) is 1.66. The van der Waals surface area contributed by atoms with E-state index in [-0.39, 0.29) is 12.0 Å². The fraction of sp³-hybridized carbons (Fsp3) is 0.286. The highest BCUT2D eigenvalue weighted by molar-refractivity contribution is 5.66. The van der Waals surface area contributed by atoms with Gasteiger partial charge >= 0.3 is 0 Å². The van der Waals surface area contributed by atoms with Crippen LogP contribution >= 0.6 is 0 Å². The number of fused-ring (bicyclic) bond motifs is 5. The summed E-state index contributed by atoms with van der Waals surface area (Å²) in [6, 6.07) is 19.3. The van der Waals surface area contributed by atoms with Crippen LogP contribution in [0.4, 0.5) is 0 Å². The van der Waals surface area contributed by atoms with E-state index in [4.69, 9.17) is 18.9 Å². The first-order chi connectivity index (χ1) is 16.2. The number of hydrogen-bond acceptors (Lipinski definition) is 5. The largest absolute Gasteiger partial charge is 0.493 e. The molecule has 0 saturated heterocycles. The molecule has 0 spiro atoms. The van der Waals surface area contributed by atoms with Gasteiger partial charge in [0.05, 0.1) is 28.4 Å². The number of rotatable bonds is 6. The number of hydrogen-bond donors (Lipinski definition) is 0. The highest BCUT2D eigenvalue weighted by atomic mass is 16.5. The lowest BCUT2D eigenvalue weighted by atomic mass is 9.75. The molecule has 2 aliphatic rings. The van der Waals surface area contributed by atoms with Crippen LogP contribution in [-0.2, 0) is 13.1 Å². The van der Waals surface area contributed by atoms with E-state index >= 15 is 0 Å². The minimum absolute atomic E-state index is 0.163. The second-order valence-corrected chi connectivity index (χ2v) is 8.46. The molecule has 2 atom stereocenters. The maximum atomic E-state index is 5.67. The molecule has 1 aliphatic heterocycles. The average molecular weight is 444 g/mol. The van der Waals surface area contributed by atoms with Crippen molar-refractivity contribution in [1.29, 1.82) is 0 Å². The summed E-state index contributed by atoms with van der Waals surface area (Å²) in [5, 5.41) is 0. The fourth-order valence-corrected chi connectivity index (χ4v) is 5.19. The van der Waals surface area contributed by atoms with Crippen molar-refractivity contribution in [2.24, 2.45) is 0 Å². The summed E-state index contributed by atoms with van der Waals surface area (Å²) in [7, 11) is 6.75. The molecule has 170 valence electrons. The van der Waals surface area contributed by atoms with Crippen LogP contribution in [0.2, 0.25) is 0 Å². The van der Waals surface area contributed by atoms with Gasteiger partial charge in [-0.2, -0.15) is 0 Å². The summed E-state index contributed by atoms with van der Waals surface area (Å²) in [6.07, 6.45) is 4.51. The summed E-state index contributed by atoms with van der Waals surface area (Å²) < 4.78 is 22.5. The van der Waals surface area contributed by atoms with Crippen molar-refractivity contribution in [3.63, 3.8) is 0 Å². The topological polar surface area (TPSA) is 40.2 Å². The van der Waals surface area contributed by atoms with Crippen LogP contribution in [0.25, 0.3) is 6.08 Å². The molecule has 0 amide bonds. The molecule has 0 unspecified atom stereocenters. The lowest BCUT2D eigenvalue weighted by Gasteiger charge is -2.44. The Morgan fingerprint density at radius 3 is 2.03 bits per heavy atom. The van der Waals surface area contributed by atoms with E-state index in [1.165, 1.54) is 22.3 Å². The lowest BCUT2D eigenvalue weighted by molar-refractivity contribution is 0.147. The van der Waals surface area contributed by atoms with E-state index in [1.807, 2.05) is 0 Å². The standard InChI is InChI=1S/C28H29NO4/c1-30-24-12-19-10-11-21-22-14-26(32-3)25(31-2)13-20(22)17-29(16-18-8-6-5-7-9-18)28(21)23(19)15-27(24)33-4/h5-15,21,28H,16-17H2,1-4H3/t21-,28-/m1/s1. The van der Waals surface area contributed by atoms with Crippen LogP contribution in [-0.4, -0.2) is 33.3 Å². The molecule has 3 aromatic carbocycles. The second kappa shape index (κ2) is 8.83. The highest BCUT2D eigenvalue weighted by Gasteiger charge is 2.39. The van der Waals surface area contributed by atoms with Gasteiger partial charge in [-0.3, -0.25) is 4.90 Å². The van der Waals surface area contributed by atoms with Gasteiger partial charge in [-0.25, -0.2) is 0 Å². The Morgan fingerprint density at radius 2 is 1.36 bits per heavy atom. The first-order valence-electron chi connectivity index (χ1n) is 11.1. The summed E-state index contributed by atoms with van der Waals surface area (Å²) in [4.78, 5) is 2.54. The molecule has 0 aromatic heterocycles. The Balaban J connectivity index is 1.66. The normalized spacial score (nSPS) is 18.7. The van der Waals surface area contributed by atoms with E-state index in [2.05, 4.69) is 71.6 Å². The minimum atomic E-state index is 0.163. The monoisotopic (exact) mass is 443 g/mol. The van der Waals surface area contributed by atoms with Gasteiger partial charge in [0.25, 0.3) is 0 Å². The highest BCUT2D eigenvalue weighted by Crippen LogP contribution is 2.51. The van der Waals surface area contributed by atoms with Crippen molar-refractivity contribution < 1.29 is 18.9 Å². The van der Waals surface area contributed by atoms with E-state index in [9.17, 15) is 0 Å². The molecule has 0 saturated carbocycles. The number of benzene rings is 3. The van der Waals surface area contributed by atoms with Crippen molar-refractivity contribution >= 4 is 6.08 Å². The average Bonchev–Trinajstić information content (AvgIpc) is 2.87. The number of ether oxygens (including phenoxy) is 4. The van der Waals surface area contributed by atoms with Gasteiger partial charge in [0.15, 0.2) is 23.0 Å². The lowest BCUT2D eigenvalue weighted by Crippen LogP contribution is -2.37. The molecule has 1 heterocycles. The van der Waals surface area contributed by atoms with Crippen LogP contribution in [0.3, 0.4) is 0 Å². The van der Waals surface area contributed by atoms with Gasteiger partial charge in [0, 0.05) is 25.0 Å². The second-order valence-electron chi connectivity index (χ2n) is 8.46. The summed E-state index contributed by atoms with van der Waals surface area (Å²) in [5.74, 6) is 3.21. The van der Waals surface area contributed by atoms with E-state index in [1.54, 1.807) is 28.4 Å². The van der Waals surface area contributed by atoms with Gasteiger partial charge in [0.2, 0.25) is 0 Å². The minimum Gasteiger partial charge on any atom is -0.493 e. The Labute approximate surface area is 195 Å². The molecule has 3 aromatic rings. The number of methoxy groups -OCH3 is 4. The summed E-state index contributed by atoms with van der Waals surface area (Å²) in [5.41, 5.74) is 6.24. The molecule has 0 N–H and O–H groups in total. The Hall–Kier alpha value is -3.44. The van der Waals surface area contributed by atoms with E-state index < -0.39 is 0 Å². The summed E-state index contributed by atoms with van der Waals surface area (Å²) >= 11 is 0. The molecule has 5 heteroatoms. The van der Waals surface area contributed by atoms with Crippen molar-refractivity contribution in [2.45, 2.75) is 25.0 Å². The SMILES string of the molecule is COc1cc2c(cc1OC)[C@H]1[C@H](C=C2)c2cc(OC)c(OC)cc2CN1Cc1ccccc1. The molecule has 33 heavy (non-hydrogen) atoms. The third-order valence-corrected chi connectivity index (χ3v) is 6.73. The van der Waals surface area contributed by atoms with Crippen molar-refractivity contribution in [1.82, 2.24) is 4.90 Å². The zero-order chi connectivity index (χ0) is 22.9. The van der Waals surface area contributed by atoms with Gasteiger partial charge in [-0.15, -0.1) is 0 Å². The molecule has 5 rings (SSSR count). The van der Waals surface area contributed by atoms with Crippen LogP contribution in [0.1, 0.15) is 39.8 Å². The molecule has 0 fully saturated rings. The quantitative estimate of drug-likeness (QED) is 0.497. The maximum absolute atomic E-state index is 5.67. The Bertz CT molecular complexity index is 1190. The van der Waals surface area contributed by atoms with Crippen LogP contribution in [0.15, 0.2) is 60.7 Å². The molecular formula is C28H29NO4. The number of nitrogens with zero attached hydrogens (tertiary/aromatic N) is 1. The molecular weight excluding hydrogens is 414 g/mol. The predicted molar refractivity (Wildman–Crippen MR) is 129 cm³/mol.